The highest BCUT2D eigenvalue weighted by atomic mass is 35.5. The third kappa shape index (κ3) is 5.54. The molecule has 0 aliphatic carbocycles. The van der Waals surface area contributed by atoms with Crippen molar-refractivity contribution in [2.45, 2.75) is 20.0 Å². The molecule has 7 heteroatoms. The highest BCUT2D eigenvalue weighted by Crippen LogP contribution is 2.21. The van der Waals surface area contributed by atoms with Crippen molar-refractivity contribution < 1.29 is 19.4 Å². The summed E-state index contributed by atoms with van der Waals surface area (Å²) in [5, 5.41) is 10.8. The Kier molecular flexibility index (Phi) is 7.15. The number of aliphatic hydroxyl groups is 1. The van der Waals surface area contributed by atoms with Crippen LogP contribution in [0.25, 0.3) is 0 Å². The number of hydrogen-bond donors (Lipinski definition) is 1. The fourth-order valence-electron chi connectivity index (χ4n) is 2.58. The van der Waals surface area contributed by atoms with Gasteiger partial charge < -0.3 is 19.5 Å². The molecule has 24 heavy (non-hydrogen) atoms. The predicted molar refractivity (Wildman–Crippen MR) is 92.7 cm³/mol. The molecule has 1 aromatic rings. The molecule has 1 saturated heterocycles. The van der Waals surface area contributed by atoms with E-state index in [0.29, 0.717) is 37.0 Å². The maximum atomic E-state index is 11.6. The van der Waals surface area contributed by atoms with Gasteiger partial charge in [-0.15, -0.1) is 0 Å². The number of aliphatic hydroxyl groups excluding tert-OH is 1. The normalized spacial score (nSPS) is 16.8. The van der Waals surface area contributed by atoms with Crippen LogP contribution in [0, 0.1) is 6.92 Å². The van der Waals surface area contributed by atoms with Crippen molar-refractivity contribution in [1.82, 2.24) is 9.80 Å². The molecular formula is C17H25ClN2O4. The van der Waals surface area contributed by atoms with Gasteiger partial charge in [-0.3, -0.25) is 4.90 Å². The first-order valence-corrected chi connectivity index (χ1v) is 8.58. The van der Waals surface area contributed by atoms with Crippen LogP contribution in [0.3, 0.4) is 0 Å². The lowest BCUT2D eigenvalue weighted by Gasteiger charge is -2.34. The molecule has 0 saturated carbocycles. The van der Waals surface area contributed by atoms with Crippen molar-refractivity contribution in [2.24, 2.45) is 0 Å². The van der Waals surface area contributed by atoms with Crippen LogP contribution in [-0.4, -0.2) is 73.0 Å². The lowest BCUT2D eigenvalue weighted by Crippen LogP contribution is -2.51. The average Bonchev–Trinajstić information content (AvgIpc) is 2.57. The molecule has 0 unspecified atom stereocenters. The first kappa shape index (κ1) is 18.8. The van der Waals surface area contributed by atoms with E-state index in [-0.39, 0.29) is 12.7 Å². The van der Waals surface area contributed by atoms with Crippen molar-refractivity contribution in [1.29, 1.82) is 0 Å². The van der Waals surface area contributed by atoms with Crippen molar-refractivity contribution in [3.63, 3.8) is 0 Å². The smallest absolute Gasteiger partial charge is 0.409 e. The number of ether oxygens (including phenoxy) is 2. The van der Waals surface area contributed by atoms with Gasteiger partial charge in [-0.2, -0.15) is 0 Å². The second-order valence-electron chi connectivity index (χ2n) is 5.86. The number of piperazine rings is 1. The molecule has 1 fully saturated rings. The van der Waals surface area contributed by atoms with E-state index in [4.69, 9.17) is 21.1 Å². The molecule has 6 nitrogen and oxygen atoms in total. The summed E-state index contributed by atoms with van der Waals surface area (Å²) in [5.41, 5.74) is 0.943. The van der Waals surface area contributed by atoms with Gasteiger partial charge in [0.25, 0.3) is 0 Å². The van der Waals surface area contributed by atoms with E-state index >= 15 is 0 Å². The molecular weight excluding hydrogens is 332 g/mol. The van der Waals surface area contributed by atoms with Crippen molar-refractivity contribution in [3.05, 3.63) is 28.8 Å². The molecule has 2 rings (SSSR count). The van der Waals surface area contributed by atoms with Crippen LogP contribution in [0.1, 0.15) is 12.5 Å². The third-order valence-corrected chi connectivity index (χ3v) is 4.36. The predicted octanol–water partition coefficient (Wildman–Crippen LogP) is 2.16. The van der Waals surface area contributed by atoms with Crippen molar-refractivity contribution in [3.8, 4) is 5.75 Å². The maximum Gasteiger partial charge on any atom is 0.409 e. The SMILES string of the molecule is CCOC(=O)N1CCN(C[C@@H](O)COc2ccc(Cl)c(C)c2)CC1. The van der Waals surface area contributed by atoms with Gasteiger partial charge in [0, 0.05) is 37.7 Å². The fourth-order valence-corrected chi connectivity index (χ4v) is 2.70. The van der Waals surface area contributed by atoms with E-state index in [9.17, 15) is 9.90 Å². The Morgan fingerprint density at radius 3 is 2.67 bits per heavy atom. The zero-order valence-electron chi connectivity index (χ0n) is 14.2. The third-order valence-electron chi connectivity index (χ3n) is 3.94. The zero-order valence-corrected chi connectivity index (χ0v) is 15.0. The van der Waals surface area contributed by atoms with Crippen LogP contribution >= 0.6 is 11.6 Å². The zero-order chi connectivity index (χ0) is 17.5. The number of aryl methyl sites for hydroxylation is 1. The van der Waals surface area contributed by atoms with Gasteiger partial charge in [-0.1, -0.05) is 11.6 Å². The Hall–Kier alpha value is -1.50. The van der Waals surface area contributed by atoms with Gasteiger partial charge in [0.15, 0.2) is 0 Å². The minimum Gasteiger partial charge on any atom is -0.491 e. The molecule has 1 atom stereocenters. The number of amides is 1. The molecule has 1 N–H and O–H groups in total. The second kappa shape index (κ2) is 9.11. The molecule has 1 aromatic carbocycles. The minimum absolute atomic E-state index is 0.221. The van der Waals surface area contributed by atoms with E-state index in [1.165, 1.54) is 0 Å². The minimum atomic E-state index is -0.588. The monoisotopic (exact) mass is 356 g/mol. The molecule has 0 aromatic heterocycles. The van der Waals surface area contributed by atoms with Crippen LogP contribution in [0.5, 0.6) is 5.75 Å². The Bertz CT molecular complexity index is 547. The van der Waals surface area contributed by atoms with Gasteiger partial charge in [-0.05, 0) is 37.6 Å². The van der Waals surface area contributed by atoms with Gasteiger partial charge in [0.2, 0.25) is 0 Å². The van der Waals surface area contributed by atoms with Crippen LogP contribution in [0.15, 0.2) is 18.2 Å². The lowest BCUT2D eigenvalue weighted by molar-refractivity contribution is 0.0407. The number of nitrogens with zero attached hydrogens (tertiary/aromatic N) is 2. The maximum absolute atomic E-state index is 11.6. The van der Waals surface area contributed by atoms with Crippen LogP contribution in [0.4, 0.5) is 4.79 Å². The second-order valence-corrected chi connectivity index (χ2v) is 6.27. The van der Waals surface area contributed by atoms with Crippen LogP contribution < -0.4 is 4.74 Å². The van der Waals surface area contributed by atoms with E-state index < -0.39 is 6.10 Å². The number of carbonyl (C=O) groups excluding carboxylic acids is 1. The summed E-state index contributed by atoms with van der Waals surface area (Å²) in [6, 6.07) is 5.43. The van der Waals surface area contributed by atoms with E-state index in [1.54, 1.807) is 24.0 Å². The Morgan fingerprint density at radius 2 is 2.04 bits per heavy atom. The molecule has 0 bridgehead atoms. The molecule has 1 amide bonds. The highest BCUT2D eigenvalue weighted by Gasteiger charge is 2.23. The average molecular weight is 357 g/mol. The van der Waals surface area contributed by atoms with E-state index in [2.05, 4.69) is 4.90 Å². The summed E-state index contributed by atoms with van der Waals surface area (Å²) in [6.07, 6.45) is -0.853. The lowest BCUT2D eigenvalue weighted by atomic mass is 10.2. The quantitative estimate of drug-likeness (QED) is 0.846. The molecule has 134 valence electrons. The molecule has 0 spiro atoms. The highest BCUT2D eigenvalue weighted by molar-refractivity contribution is 6.31. The molecule has 1 aliphatic heterocycles. The number of benzene rings is 1. The summed E-state index contributed by atoms with van der Waals surface area (Å²) in [5.74, 6) is 0.697. The number of halogens is 1. The standard InChI is InChI=1S/C17H25ClN2O4/c1-3-23-17(22)20-8-6-19(7-9-20)11-14(21)12-24-15-4-5-16(18)13(2)10-15/h4-5,10,14,21H,3,6-9,11-12H2,1-2H3/t14-/m1/s1. The van der Waals surface area contributed by atoms with E-state index in [1.807, 2.05) is 13.0 Å². The van der Waals surface area contributed by atoms with Crippen molar-refractivity contribution in [2.75, 3.05) is 45.9 Å². The Morgan fingerprint density at radius 1 is 1.33 bits per heavy atom. The van der Waals surface area contributed by atoms with Gasteiger partial charge >= 0.3 is 6.09 Å². The number of hydrogen-bond acceptors (Lipinski definition) is 5. The van der Waals surface area contributed by atoms with Crippen LogP contribution in [-0.2, 0) is 4.74 Å². The fraction of sp³-hybridized carbons (Fsp3) is 0.588. The summed E-state index contributed by atoms with van der Waals surface area (Å²) < 4.78 is 10.6. The number of carbonyl (C=O) groups is 1. The Balaban J connectivity index is 1.70. The number of β-amino-alcohol motifs (C(OH)–C–C–N with tert-alkyl or cyclic N) is 1. The largest absolute Gasteiger partial charge is 0.491 e. The van der Waals surface area contributed by atoms with E-state index in [0.717, 1.165) is 18.7 Å². The summed E-state index contributed by atoms with van der Waals surface area (Å²) >= 11 is 5.98. The molecule has 1 aliphatic rings. The first-order chi connectivity index (χ1) is 11.5. The Labute approximate surface area is 147 Å². The van der Waals surface area contributed by atoms with Crippen LogP contribution in [0.2, 0.25) is 5.02 Å². The topological polar surface area (TPSA) is 62.2 Å². The molecule has 0 radical (unpaired) electrons. The summed E-state index contributed by atoms with van der Waals surface area (Å²) in [4.78, 5) is 15.5. The summed E-state index contributed by atoms with van der Waals surface area (Å²) in [7, 11) is 0. The molecule has 1 heterocycles. The first-order valence-electron chi connectivity index (χ1n) is 8.20. The van der Waals surface area contributed by atoms with Crippen molar-refractivity contribution >= 4 is 17.7 Å². The summed E-state index contributed by atoms with van der Waals surface area (Å²) in [6.45, 7) is 7.50. The van der Waals surface area contributed by atoms with Gasteiger partial charge in [0.05, 0.1) is 6.61 Å². The number of rotatable bonds is 6. The van der Waals surface area contributed by atoms with Gasteiger partial charge in [-0.25, -0.2) is 4.79 Å². The van der Waals surface area contributed by atoms with Gasteiger partial charge in [0.1, 0.15) is 18.5 Å².